The van der Waals surface area contributed by atoms with Gasteiger partial charge in [-0.2, -0.15) is 0 Å². The second kappa shape index (κ2) is 8.60. The Kier molecular flexibility index (Phi) is 5.73. The van der Waals surface area contributed by atoms with E-state index in [1.807, 2.05) is 24.3 Å². The first-order valence-electron chi connectivity index (χ1n) is 8.86. The maximum Gasteiger partial charge on any atom is 0.322 e. The van der Waals surface area contributed by atoms with Crippen LogP contribution >= 0.6 is 27.3 Å². The van der Waals surface area contributed by atoms with Crippen molar-refractivity contribution in [1.82, 2.24) is 15.3 Å². The first-order valence-corrected chi connectivity index (χ1v) is 10.5. The number of nitrogens with zero attached hydrogens (tertiary/aromatic N) is 2. The van der Waals surface area contributed by atoms with Gasteiger partial charge in [-0.05, 0) is 42.0 Å². The minimum atomic E-state index is -1.09. The quantitative estimate of drug-likeness (QED) is 0.368. The molecule has 30 heavy (non-hydrogen) atoms. The summed E-state index contributed by atoms with van der Waals surface area (Å²) in [4.78, 5) is 32.2. The van der Waals surface area contributed by atoms with Crippen LogP contribution in [0.15, 0.2) is 64.7 Å². The molecule has 150 valence electrons. The molecule has 4 rings (SSSR count). The Morgan fingerprint density at radius 1 is 1.03 bits per heavy atom. The average molecular weight is 483 g/mol. The molecule has 0 unspecified atom stereocenters. The summed E-state index contributed by atoms with van der Waals surface area (Å²) in [6, 6.07) is 14.8. The number of anilines is 2. The molecule has 0 fully saturated rings. The third-order valence-corrected chi connectivity index (χ3v) is 5.75. The monoisotopic (exact) mass is 482 g/mol. The summed E-state index contributed by atoms with van der Waals surface area (Å²) in [6.07, 6.45) is 1.51. The van der Waals surface area contributed by atoms with Crippen molar-refractivity contribution in [2.75, 3.05) is 11.9 Å². The number of amides is 1. The zero-order valence-electron chi connectivity index (χ0n) is 15.4. The van der Waals surface area contributed by atoms with E-state index in [1.165, 1.54) is 6.33 Å². The number of hydrogen-bond acceptors (Lipinski definition) is 6. The highest BCUT2D eigenvalue weighted by Gasteiger charge is 2.14. The minimum absolute atomic E-state index is 0.376. The van der Waals surface area contributed by atoms with Crippen LogP contribution < -0.4 is 10.6 Å². The molecule has 9 heteroatoms. The molecule has 1 amide bonds. The number of rotatable bonds is 6. The van der Waals surface area contributed by atoms with Gasteiger partial charge in [0.15, 0.2) is 0 Å². The number of nitrogens with one attached hydrogen (secondary N) is 2. The molecule has 7 nitrogen and oxygen atoms in total. The topological polar surface area (TPSA) is 104 Å². The van der Waals surface area contributed by atoms with E-state index in [4.69, 9.17) is 5.11 Å². The van der Waals surface area contributed by atoms with E-state index < -0.39 is 18.4 Å². The number of carbonyl (C=O) groups excluding carboxylic acids is 1. The highest BCUT2D eigenvalue weighted by molar-refractivity contribution is 9.10. The van der Waals surface area contributed by atoms with Gasteiger partial charge in [0.05, 0.1) is 5.39 Å². The first-order chi connectivity index (χ1) is 14.5. The standard InChI is InChI=1S/C21H15BrN4O3S/c22-14-5-1-12(2-6-14)16-10-30-21-18(16)19(24-11-25-21)26-15-7-3-13(4-8-15)20(29)23-9-17(27)28/h1-8,10-11H,9H2,(H,23,29)(H,27,28)(H,24,25,26). The van der Waals surface area contributed by atoms with Crippen molar-refractivity contribution in [3.63, 3.8) is 0 Å². The van der Waals surface area contributed by atoms with Crippen LogP contribution in [0.2, 0.25) is 0 Å². The lowest BCUT2D eigenvalue weighted by Crippen LogP contribution is -2.29. The van der Waals surface area contributed by atoms with E-state index in [0.29, 0.717) is 11.4 Å². The molecule has 0 bridgehead atoms. The third-order valence-electron chi connectivity index (χ3n) is 4.34. The van der Waals surface area contributed by atoms with Crippen molar-refractivity contribution in [2.24, 2.45) is 0 Å². The van der Waals surface area contributed by atoms with E-state index in [2.05, 4.69) is 41.9 Å². The molecule has 4 aromatic rings. The lowest BCUT2D eigenvalue weighted by molar-refractivity contribution is -0.135. The summed E-state index contributed by atoms with van der Waals surface area (Å²) < 4.78 is 1.01. The SMILES string of the molecule is O=C(O)CNC(=O)c1ccc(Nc2ncnc3scc(-c4ccc(Br)cc4)c23)cc1. The van der Waals surface area contributed by atoms with Gasteiger partial charge in [-0.25, -0.2) is 9.97 Å². The van der Waals surface area contributed by atoms with Crippen molar-refractivity contribution in [2.45, 2.75) is 0 Å². The third kappa shape index (κ3) is 4.32. The van der Waals surface area contributed by atoms with Gasteiger partial charge in [-0.3, -0.25) is 9.59 Å². The zero-order valence-corrected chi connectivity index (χ0v) is 17.8. The van der Waals surface area contributed by atoms with Crippen molar-refractivity contribution < 1.29 is 14.7 Å². The molecule has 0 radical (unpaired) electrons. The van der Waals surface area contributed by atoms with Gasteiger partial charge in [-0.1, -0.05) is 28.1 Å². The van der Waals surface area contributed by atoms with Crippen LogP contribution in [-0.4, -0.2) is 33.5 Å². The number of carboxylic acid groups (broad SMARTS) is 1. The molecule has 0 spiro atoms. The predicted octanol–water partition coefficient (Wildman–Crippen LogP) is 4.68. The van der Waals surface area contributed by atoms with E-state index in [9.17, 15) is 9.59 Å². The van der Waals surface area contributed by atoms with Crippen LogP contribution in [-0.2, 0) is 4.79 Å². The number of carboxylic acids is 1. The molecule has 2 heterocycles. The Labute approximate surface area is 183 Å². The summed E-state index contributed by atoms with van der Waals surface area (Å²) in [5.74, 6) is -0.863. The maximum absolute atomic E-state index is 12.0. The number of hydrogen-bond donors (Lipinski definition) is 3. The van der Waals surface area contributed by atoms with Gasteiger partial charge in [0, 0.05) is 26.7 Å². The predicted molar refractivity (Wildman–Crippen MR) is 120 cm³/mol. The Morgan fingerprint density at radius 3 is 2.47 bits per heavy atom. The van der Waals surface area contributed by atoms with Crippen LogP contribution in [0.4, 0.5) is 11.5 Å². The summed E-state index contributed by atoms with van der Waals surface area (Å²) in [7, 11) is 0. The summed E-state index contributed by atoms with van der Waals surface area (Å²) in [5.41, 5.74) is 3.22. The Morgan fingerprint density at radius 2 is 1.77 bits per heavy atom. The van der Waals surface area contributed by atoms with Crippen molar-refractivity contribution in [1.29, 1.82) is 0 Å². The smallest absolute Gasteiger partial charge is 0.322 e. The summed E-state index contributed by atoms with van der Waals surface area (Å²) in [6.45, 7) is -0.422. The summed E-state index contributed by atoms with van der Waals surface area (Å²) >= 11 is 5.01. The van der Waals surface area contributed by atoms with Gasteiger partial charge in [0.1, 0.15) is 23.5 Å². The van der Waals surface area contributed by atoms with E-state index in [1.54, 1.807) is 35.6 Å². The molecule has 2 aromatic heterocycles. The fourth-order valence-electron chi connectivity index (χ4n) is 2.91. The van der Waals surface area contributed by atoms with Gasteiger partial charge >= 0.3 is 5.97 Å². The normalized spacial score (nSPS) is 10.7. The number of aliphatic carboxylic acids is 1. The first kappa shape index (κ1) is 20.0. The number of thiophene rings is 1. The number of fused-ring (bicyclic) bond motifs is 1. The highest BCUT2D eigenvalue weighted by Crippen LogP contribution is 2.37. The van der Waals surface area contributed by atoms with Crippen molar-refractivity contribution in [3.8, 4) is 11.1 Å². The number of benzene rings is 2. The Balaban J connectivity index is 1.61. The molecule has 2 aromatic carbocycles. The molecule has 0 aliphatic heterocycles. The molecule has 0 aliphatic carbocycles. The molecule has 3 N–H and O–H groups in total. The molecular weight excluding hydrogens is 468 g/mol. The largest absolute Gasteiger partial charge is 0.480 e. The Bertz CT molecular complexity index is 1220. The molecule has 0 saturated carbocycles. The number of carbonyl (C=O) groups is 2. The molecular formula is C21H15BrN4O3S. The Hall–Kier alpha value is -3.30. The molecule has 0 saturated heterocycles. The fraction of sp³-hybridized carbons (Fsp3) is 0.0476. The van der Waals surface area contributed by atoms with Crippen LogP contribution in [0.25, 0.3) is 21.3 Å². The fourth-order valence-corrected chi connectivity index (χ4v) is 4.09. The van der Waals surface area contributed by atoms with Gasteiger partial charge < -0.3 is 15.7 Å². The minimum Gasteiger partial charge on any atom is -0.480 e. The van der Waals surface area contributed by atoms with Gasteiger partial charge in [0.2, 0.25) is 0 Å². The van der Waals surface area contributed by atoms with Crippen molar-refractivity contribution >= 4 is 60.9 Å². The van der Waals surface area contributed by atoms with Crippen LogP contribution in [0, 0.1) is 0 Å². The summed E-state index contributed by atoms with van der Waals surface area (Å²) in [5, 5.41) is 17.3. The molecule has 0 atom stereocenters. The van der Waals surface area contributed by atoms with E-state index in [0.717, 1.165) is 31.5 Å². The number of aromatic nitrogens is 2. The second-order valence-corrected chi connectivity index (χ2v) is 8.11. The zero-order chi connectivity index (χ0) is 21.1. The van der Waals surface area contributed by atoms with Crippen LogP contribution in [0.3, 0.4) is 0 Å². The lowest BCUT2D eigenvalue weighted by Gasteiger charge is -2.09. The van der Waals surface area contributed by atoms with Crippen molar-refractivity contribution in [3.05, 3.63) is 70.3 Å². The van der Waals surface area contributed by atoms with Crippen LogP contribution in [0.1, 0.15) is 10.4 Å². The lowest BCUT2D eigenvalue weighted by atomic mass is 10.1. The van der Waals surface area contributed by atoms with E-state index >= 15 is 0 Å². The van der Waals surface area contributed by atoms with Gasteiger partial charge in [0.25, 0.3) is 5.91 Å². The highest BCUT2D eigenvalue weighted by atomic mass is 79.9. The molecule has 0 aliphatic rings. The van der Waals surface area contributed by atoms with E-state index in [-0.39, 0.29) is 0 Å². The van der Waals surface area contributed by atoms with Gasteiger partial charge in [-0.15, -0.1) is 11.3 Å². The average Bonchev–Trinajstić information content (AvgIpc) is 3.18. The number of halogens is 1. The second-order valence-electron chi connectivity index (χ2n) is 6.34. The van der Waals surface area contributed by atoms with Crippen LogP contribution in [0.5, 0.6) is 0 Å². The maximum atomic E-state index is 12.0.